The Morgan fingerprint density at radius 2 is 1.73 bits per heavy atom. The molecule has 1 atom stereocenters. The molecular formula is C17H21N3O2. The van der Waals surface area contributed by atoms with Gasteiger partial charge in [-0.05, 0) is 37.1 Å². The molecule has 3 aliphatic rings. The van der Waals surface area contributed by atoms with Gasteiger partial charge in [-0.3, -0.25) is 9.69 Å². The molecule has 3 heterocycles. The van der Waals surface area contributed by atoms with Crippen LogP contribution in [0, 0.1) is 0 Å². The Balaban J connectivity index is 1.49. The number of fused-ring (bicyclic) bond motifs is 2. The Morgan fingerprint density at radius 1 is 1.00 bits per heavy atom. The maximum absolute atomic E-state index is 12.6. The molecule has 5 heteroatoms. The summed E-state index contributed by atoms with van der Waals surface area (Å²) in [6.07, 6.45) is 3.11. The van der Waals surface area contributed by atoms with E-state index < -0.39 is 0 Å². The predicted molar refractivity (Wildman–Crippen MR) is 82.3 cm³/mol. The molecule has 3 amide bonds. The molecule has 0 spiro atoms. The van der Waals surface area contributed by atoms with Crippen molar-refractivity contribution in [2.75, 3.05) is 26.2 Å². The number of urea groups is 1. The van der Waals surface area contributed by atoms with Crippen molar-refractivity contribution in [3.8, 4) is 0 Å². The van der Waals surface area contributed by atoms with Crippen LogP contribution in [0.25, 0.3) is 0 Å². The van der Waals surface area contributed by atoms with Gasteiger partial charge in [0.1, 0.15) is 6.04 Å². The van der Waals surface area contributed by atoms with Gasteiger partial charge in [0.2, 0.25) is 0 Å². The molecule has 3 aliphatic heterocycles. The maximum Gasteiger partial charge on any atom is 0.327 e. The number of hydrogen-bond donors (Lipinski definition) is 0. The third-order valence-electron chi connectivity index (χ3n) is 5.11. The molecule has 116 valence electrons. The molecule has 4 rings (SSSR count). The average Bonchev–Trinajstić information content (AvgIpc) is 3.13. The van der Waals surface area contributed by atoms with Crippen LogP contribution in [0.3, 0.4) is 0 Å². The van der Waals surface area contributed by atoms with Crippen LogP contribution in [0.4, 0.5) is 4.79 Å². The summed E-state index contributed by atoms with van der Waals surface area (Å²) in [6, 6.07) is 7.71. The molecule has 5 nitrogen and oxygen atoms in total. The zero-order chi connectivity index (χ0) is 15.1. The van der Waals surface area contributed by atoms with Gasteiger partial charge in [0.25, 0.3) is 5.91 Å². The van der Waals surface area contributed by atoms with Gasteiger partial charge in [-0.2, -0.15) is 0 Å². The highest BCUT2D eigenvalue weighted by atomic mass is 16.2. The molecule has 1 aromatic rings. The Kier molecular flexibility index (Phi) is 3.37. The largest absolute Gasteiger partial charge is 0.327 e. The van der Waals surface area contributed by atoms with Crippen LogP contribution in [0.1, 0.15) is 24.0 Å². The molecule has 2 fully saturated rings. The molecule has 1 unspecified atom stereocenters. The molecule has 0 radical (unpaired) electrons. The first-order chi connectivity index (χ1) is 10.7. The molecule has 0 N–H and O–H groups in total. The van der Waals surface area contributed by atoms with Crippen LogP contribution in [0.5, 0.6) is 0 Å². The van der Waals surface area contributed by atoms with Crippen molar-refractivity contribution in [3.63, 3.8) is 0 Å². The maximum atomic E-state index is 12.6. The van der Waals surface area contributed by atoms with Crippen LogP contribution in [0.2, 0.25) is 0 Å². The summed E-state index contributed by atoms with van der Waals surface area (Å²) in [5.74, 6) is -0.0151. The normalized spacial score (nSPS) is 24.8. The summed E-state index contributed by atoms with van der Waals surface area (Å²) >= 11 is 0. The van der Waals surface area contributed by atoms with Crippen molar-refractivity contribution in [3.05, 3.63) is 35.4 Å². The monoisotopic (exact) mass is 299 g/mol. The summed E-state index contributed by atoms with van der Waals surface area (Å²) < 4.78 is 0. The van der Waals surface area contributed by atoms with E-state index >= 15 is 0 Å². The van der Waals surface area contributed by atoms with Gasteiger partial charge in [-0.1, -0.05) is 24.3 Å². The Labute approximate surface area is 130 Å². The van der Waals surface area contributed by atoms with Crippen molar-refractivity contribution in [2.24, 2.45) is 0 Å². The zero-order valence-corrected chi connectivity index (χ0v) is 12.7. The van der Waals surface area contributed by atoms with E-state index in [-0.39, 0.29) is 18.0 Å². The first kappa shape index (κ1) is 13.8. The summed E-state index contributed by atoms with van der Waals surface area (Å²) in [4.78, 5) is 30.7. The summed E-state index contributed by atoms with van der Waals surface area (Å²) in [7, 11) is 0. The van der Waals surface area contributed by atoms with Crippen molar-refractivity contribution in [2.45, 2.75) is 31.8 Å². The van der Waals surface area contributed by atoms with E-state index in [0.29, 0.717) is 19.5 Å². The van der Waals surface area contributed by atoms with Crippen molar-refractivity contribution < 1.29 is 9.59 Å². The quantitative estimate of drug-likeness (QED) is 0.794. The van der Waals surface area contributed by atoms with E-state index in [9.17, 15) is 9.59 Å². The van der Waals surface area contributed by atoms with E-state index in [4.69, 9.17) is 0 Å². The lowest BCUT2D eigenvalue weighted by Crippen LogP contribution is -2.40. The third kappa shape index (κ3) is 2.20. The molecule has 0 saturated carbocycles. The molecular weight excluding hydrogens is 278 g/mol. The topological polar surface area (TPSA) is 43.9 Å². The number of rotatable bonds is 3. The number of carbonyl (C=O) groups is 2. The van der Waals surface area contributed by atoms with Gasteiger partial charge in [0.15, 0.2) is 0 Å². The highest BCUT2D eigenvalue weighted by Gasteiger charge is 2.46. The molecule has 0 aromatic heterocycles. The number of benzene rings is 1. The number of likely N-dealkylation sites (tertiary alicyclic amines) is 1. The van der Waals surface area contributed by atoms with Gasteiger partial charge in [-0.25, -0.2) is 4.79 Å². The number of amides is 3. The molecule has 2 saturated heterocycles. The standard InChI is InChI=1S/C17H21N3O2/c21-16-15-11-13-5-1-2-6-14(13)12-20(15)17(22)19(16)10-9-18-7-3-4-8-18/h1-2,5-6,15H,3-4,7-12H2. The fraction of sp³-hybridized carbons (Fsp3) is 0.529. The number of hydrogen-bond acceptors (Lipinski definition) is 3. The SMILES string of the molecule is O=C1C2Cc3ccccc3CN2C(=O)N1CCN1CCCC1. The van der Waals surface area contributed by atoms with Crippen LogP contribution < -0.4 is 0 Å². The second-order valence-corrected chi connectivity index (χ2v) is 6.44. The highest BCUT2D eigenvalue weighted by molar-refractivity contribution is 6.04. The van der Waals surface area contributed by atoms with Gasteiger partial charge in [0.05, 0.1) is 0 Å². The lowest BCUT2D eigenvalue weighted by molar-refractivity contribution is -0.128. The van der Waals surface area contributed by atoms with E-state index in [2.05, 4.69) is 17.0 Å². The van der Waals surface area contributed by atoms with E-state index in [0.717, 1.165) is 19.6 Å². The summed E-state index contributed by atoms with van der Waals surface area (Å²) in [6.45, 7) is 4.08. The first-order valence-electron chi connectivity index (χ1n) is 8.15. The van der Waals surface area contributed by atoms with E-state index in [1.165, 1.54) is 28.9 Å². The molecule has 1 aromatic carbocycles. The van der Waals surface area contributed by atoms with Crippen LogP contribution >= 0.6 is 0 Å². The van der Waals surface area contributed by atoms with Crippen LogP contribution in [0.15, 0.2) is 24.3 Å². The first-order valence-corrected chi connectivity index (χ1v) is 8.15. The highest BCUT2D eigenvalue weighted by Crippen LogP contribution is 2.29. The fourth-order valence-corrected chi connectivity index (χ4v) is 3.83. The second kappa shape index (κ2) is 5.39. The Morgan fingerprint density at radius 3 is 2.50 bits per heavy atom. The summed E-state index contributed by atoms with van der Waals surface area (Å²) in [5.41, 5.74) is 2.37. The minimum Gasteiger partial charge on any atom is -0.308 e. The van der Waals surface area contributed by atoms with E-state index in [1.54, 1.807) is 4.90 Å². The van der Waals surface area contributed by atoms with Gasteiger partial charge < -0.3 is 9.80 Å². The minimum atomic E-state index is -0.291. The van der Waals surface area contributed by atoms with Crippen LogP contribution in [-0.4, -0.2) is 58.9 Å². The van der Waals surface area contributed by atoms with Crippen molar-refractivity contribution in [1.82, 2.24) is 14.7 Å². The number of carbonyl (C=O) groups excluding carboxylic acids is 2. The smallest absolute Gasteiger partial charge is 0.308 e. The number of nitrogens with zero attached hydrogens (tertiary/aromatic N) is 3. The lowest BCUT2D eigenvalue weighted by atomic mass is 9.95. The lowest BCUT2D eigenvalue weighted by Gasteiger charge is -2.28. The van der Waals surface area contributed by atoms with Crippen molar-refractivity contribution >= 4 is 11.9 Å². The fourth-order valence-electron chi connectivity index (χ4n) is 3.83. The molecule has 0 bridgehead atoms. The second-order valence-electron chi connectivity index (χ2n) is 6.44. The van der Waals surface area contributed by atoms with Gasteiger partial charge in [-0.15, -0.1) is 0 Å². The third-order valence-corrected chi connectivity index (χ3v) is 5.11. The van der Waals surface area contributed by atoms with Crippen LogP contribution in [-0.2, 0) is 17.8 Å². The Hall–Kier alpha value is -1.88. The van der Waals surface area contributed by atoms with Gasteiger partial charge >= 0.3 is 6.03 Å². The minimum absolute atomic E-state index is 0.0151. The predicted octanol–water partition coefficient (Wildman–Crippen LogP) is 1.47. The zero-order valence-electron chi connectivity index (χ0n) is 12.7. The summed E-state index contributed by atoms with van der Waals surface area (Å²) in [5, 5.41) is 0. The molecule has 22 heavy (non-hydrogen) atoms. The van der Waals surface area contributed by atoms with Crippen molar-refractivity contribution in [1.29, 1.82) is 0 Å². The molecule has 0 aliphatic carbocycles. The average molecular weight is 299 g/mol. The van der Waals surface area contributed by atoms with Gasteiger partial charge in [0, 0.05) is 26.1 Å². The Bertz CT molecular complexity index is 567. The number of imide groups is 1. The van der Waals surface area contributed by atoms with E-state index in [1.807, 2.05) is 12.1 Å².